The van der Waals surface area contributed by atoms with E-state index in [-0.39, 0.29) is 0 Å². The standard InChI is InChI=1S/C15H20BrN5/c1-3-11-10(8-21(2)20-11)15-18-13(9-6-4-5-7-9)12(16)14(17)19-15/h8-9H,3-7H2,1-2H3,(H2,17,18,19). The molecule has 112 valence electrons. The van der Waals surface area contributed by atoms with Crippen molar-refractivity contribution in [3.8, 4) is 11.4 Å². The number of nitrogens with two attached hydrogens (primary N) is 1. The molecule has 0 saturated heterocycles. The van der Waals surface area contributed by atoms with E-state index in [9.17, 15) is 0 Å². The van der Waals surface area contributed by atoms with E-state index in [2.05, 4.69) is 32.9 Å². The summed E-state index contributed by atoms with van der Waals surface area (Å²) in [6.07, 6.45) is 7.73. The third kappa shape index (κ3) is 2.69. The van der Waals surface area contributed by atoms with E-state index in [1.54, 1.807) is 0 Å². The van der Waals surface area contributed by atoms with Crippen molar-refractivity contribution in [2.75, 3.05) is 5.73 Å². The van der Waals surface area contributed by atoms with Crippen LogP contribution < -0.4 is 5.73 Å². The Morgan fingerprint density at radius 1 is 1.33 bits per heavy atom. The monoisotopic (exact) mass is 349 g/mol. The van der Waals surface area contributed by atoms with Crippen molar-refractivity contribution in [3.63, 3.8) is 0 Å². The first-order valence-corrected chi connectivity index (χ1v) is 8.25. The quantitative estimate of drug-likeness (QED) is 0.921. The zero-order valence-electron chi connectivity index (χ0n) is 12.4. The van der Waals surface area contributed by atoms with Crippen LogP contribution in [0.25, 0.3) is 11.4 Å². The van der Waals surface area contributed by atoms with Crippen LogP contribution >= 0.6 is 15.9 Å². The van der Waals surface area contributed by atoms with Gasteiger partial charge in [-0.2, -0.15) is 5.10 Å². The van der Waals surface area contributed by atoms with Gasteiger partial charge in [-0.1, -0.05) is 19.8 Å². The summed E-state index contributed by atoms with van der Waals surface area (Å²) in [6, 6.07) is 0. The van der Waals surface area contributed by atoms with Crippen LogP contribution in [0.4, 0.5) is 5.82 Å². The van der Waals surface area contributed by atoms with Crippen LogP contribution in [0.1, 0.15) is 49.9 Å². The van der Waals surface area contributed by atoms with Crippen LogP contribution in [-0.4, -0.2) is 19.7 Å². The Labute approximate surface area is 133 Å². The lowest BCUT2D eigenvalue weighted by atomic mass is 10.0. The molecule has 0 aromatic carbocycles. The molecule has 0 unspecified atom stereocenters. The summed E-state index contributed by atoms with van der Waals surface area (Å²) in [5, 5.41) is 4.47. The Bertz CT molecular complexity index is 658. The summed E-state index contributed by atoms with van der Waals surface area (Å²) in [6.45, 7) is 2.09. The van der Waals surface area contributed by atoms with Crippen molar-refractivity contribution >= 4 is 21.7 Å². The molecule has 2 aromatic rings. The number of aryl methyl sites for hydroxylation is 2. The highest BCUT2D eigenvalue weighted by Gasteiger charge is 2.24. The number of hydrogen-bond donors (Lipinski definition) is 1. The van der Waals surface area contributed by atoms with Crippen LogP contribution in [0.15, 0.2) is 10.7 Å². The summed E-state index contributed by atoms with van der Waals surface area (Å²) < 4.78 is 2.67. The summed E-state index contributed by atoms with van der Waals surface area (Å²) in [5.41, 5.74) is 9.15. The lowest BCUT2D eigenvalue weighted by molar-refractivity contribution is 0.691. The second-order valence-corrected chi connectivity index (χ2v) is 6.42. The first kappa shape index (κ1) is 14.5. The Balaban J connectivity index is 2.10. The molecule has 2 N–H and O–H groups in total. The van der Waals surface area contributed by atoms with E-state index >= 15 is 0 Å². The minimum absolute atomic E-state index is 0.491. The van der Waals surface area contributed by atoms with E-state index in [0.717, 1.165) is 27.8 Å². The average Bonchev–Trinajstić information content (AvgIpc) is 3.10. The number of hydrogen-bond acceptors (Lipinski definition) is 4. The van der Waals surface area contributed by atoms with Crippen molar-refractivity contribution in [1.29, 1.82) is 0 Å². The van der Waals surface area contributed by atoms with Gasteiger partial charge in [-0.25, -0.2) is 9.97 Å². The molecular weight excluding hydrogens is 330 g/mol. The second kappa shape index (κ2) is 5.75. The molecule has 0 amide bonds. The molecule has 1 fully saturated rings. The fourth-order valence-electron chi connectivity index (χ4n) is 3.06. The van der Waals surface area contributed by atoms with Gasteiger partial charge in [0.2, 0.25) is 0 Å². The first-order valence-electron chi connectivity index (χ1n) is 7.46. The number of halogens is 1. The van der Waals surface area contributed by atoms with Crippen molar-refractivity contribution < 1.29 is 0 Å². The zero-order chi connectivity index (χ0) is 15.0. The molecule has 0 radical (unpaired) electrons. The van der Waals surface area contributed by atoms with Crippen LogP contribution in [-0.2, 0) is 13.5 Å². The van der Waals surface area contributed by atoms with Gasteiger partial charge in [0.25, 0.3) is 0 Å². The van der Waals surface area contributed by atoms with Crippen LogP contribution in [0.3, 0.4) is 0 Å². The second-order valence-electron chi connectivity index (χ2n) is 5.63. The third-order valence-corrected chi connectivity index (χ3v) is 4.94. The molecular formula is C15H20BrN5. The van der Waals surface area contributed by atoms with Gasteiger partial charge in [0.15, 0.2) is 5.82 Å². The zero-order valence-corrected chi connectivity index (χ0v) is 14.0. The number of nitrogens with zero attached hydrogens (tertiary/aromatic N) is 4. The molecule has 1 aliphatic carbocycles. The van der Waals surface area contributed by atoms with Crippen molar-refractivity contribution in [3.05, 3.63) is 22.1 Å². The number of nitrogen functional groups attached to an aromatic ring is 1. The highest BCUT2D eigenvalue weighted by molar-refractivity contribution is 9.10. The third-order valence-electron chi connectivity index (χ3n) is 4.13. The van der Waals surface area contributed by atoms with Gasteiger partial charge in [0.05, 0.1) is 21.4 Å². The molecule has 1 aliphatic rings. The SMILES string of the molecule is CCc1nn(C)cc1-c1nc(N)c(Br)c(C2CCCC2)n1. The highest BCUT2D eigenvalue weighted by atomic mass is 79.9. The van der Waals surface area contributed by atoms with Gasteiger partial charge in [0, 0.05) is 19.2 Å². The molecule has 1 saturated carbocycles. The topological polar surface area (TPSA) is 69.6 Å². The van der Waals surface area contributed by atoms with E-state index < -0.39 is 0 Å². The minimum Gasteiger partial charge on any atom is -0.383 e. The fraction of sp³-hybridized carbons (Fsp3) is 0.533. The predicted molar refractivity (Wildman–Crippen MR) is 86.9 cm³/mol. The molecule has 0 bridgehead atoms. The summed E-state index contributed by atoms with van der Waals surface area (Å²) >= 11 is 3.57. The van der Waals surface area contributed by atoms with Gasteiger partial charge in [0.1, 0.15) is 5.82 Å². The van der Waals surface area contributed by atoms with Crippen LogP contribution in [0.5, 0.6) is 0 Å². The fourth-order valence-corrected chi connectivity index (χ4v) is 3.56. The van der Waals surface area contributed by atoms with Gasteiger partial charge >= 0.3 is 0 Å². The van der Waals surface area contributed by atoms with Gasteiger partial charge in [-0.3, -0.25) is 4.68 Å². The minimum atomic E-state index is 0.491. The van der Waals surface area contributed by atoms with Crippen molar-refractivity contribution in [1.82, 2.24) is 19.7 Å². The average molecular weight is 350 g/mol. The molecule has 3 rings (SSSR count). The largest absolute Gasteiger partial charge is 0.383 e. The smallest absolute Gasteiger partial charge is 0.165 e. The Morgan fingerprint density at radius 3 is 2.71 bits per heavy atom. The molecule has 0 aliphatic heterocycles. The molecule has 0 atom stereocenters. The Morgan fingerprint density at radius 2 is 2.05 bits per heavy atom. The maximum Gasteiger partial charge on any atom is 0.165 e. The lowest BCUT2D eigenvalue weighted by Crippen LogP contribution is -2.06. The summed E-state index contributed by atoms with van der Waals surface area (Å²) in [5.74, 6) is 1.71. The van der Waals surface area contributed by atoms with Crippen LogP contribution in [0.2, 0.25) is 0 Å². The summed E-state index contributed by atoms with van der Waals surface area (Å²) in [7, 11) is 1.92. The number of anilines is 1. The molecule has 6 heteroatoms. The molecule has 2 aromatic heterocycles. The van der Waals surface area contributed by atoms with Gasteiger partial charge < -0.3 is 5.73 Å². The predicted octanol–water partition coefficient (Wildman–Crippen LogP) is 3.44. The lowest BCUT2D eigenvalue weighted by Gasteiger charge is -2.13. The van der Waals surface area contributed by atoms with E-state index in [4.69, 9.17) is 10.7 Å². The van der Waals surface area contributed by atoms with Gasteiger partial charge in [-0.15, -0.1) is 0 Å². The molecule has 5 nitrogen and oxygen atoms in total. The van der Waals surface area contributed by atoms with Crippen molar-refractivity contribution in [2.45, 2.75) is 44.9 Å². The summed E-state index contributed by atoms with van der Waals surface area (Å²) in [4.78, 5) is 9.28. The van der Waals surface area contributed by atoms with Crippen molar-refractivity contribution in [2.24, 2.45) is 7.05 Å². The Kier molecular flexibility index (Phi) is 3.97. The van der Waals surface area contributed by atoms with E-state index in [0.29, 0.717) is 17.6 Å². The van der Waals surface area contributed by atoms with Gasteiger partial charge in [-0.05, 0) is 35.2 Å². The first-order chi connectivity index (χ1) is 10.1. The maximum atomic E-state index is 6.10. The van der Waals surface area contributed by atoms with Crippen LogP contribution in [0, 0.1) is 0 Å². The van der Waals surface area contributed by atoms with E-state index in [1.807, 2.05) is 17.9 Å². The number of aromatic nitrogens is 4. The van der Waals surface area contributed by atoms with E-state index in [1.165, 1.54) is 25.7 Å². The molecule has 0 spiro atoms. The maximum absolute atomic E-state index is 6.10. The molecule has 2 heterocycles. The number of rotatable bonds is 3. The normalized spacial score (nSPS) is 15.8. The Hall–Kier alpha value is -1.43. The molecule has 21 heavy (non-hydrogen) atoms. The highest BCUT2D eigenvalue weighted by Crippen LogP contribution is 2.39.